The Labute approximate surface area is 164 Å². The third-order valence-electron chi connectivity index (χ3n) is 8.07. The molecule has 1 saturated heterocycles. The standard InChI is InChI=1S/C24H34N2O/c1-18-4-2-3-5-22(18)17-25-6-8-26(9-7-25)23(27)16-24-13-19-10-20(14-24)12-21(11-19)15-24/h2-5,19-21H,6-17H2,1H3. The maximum Gasteiger partial charge on any atom is 0.223 e. The van der Waals surface area contributed by atoms with E-state index in [1.165, 1.54) is 49.7 Å². The summed E-state index contributed by atoms with van der Waals surface area (Å²) in [5.74, 6) is 3.27. The van der Waals surface area contributed by atoms with E-state index in [0.717, 1.165) is 56.9 Å². The molecule has 4 saturated carbocycles. The molecule has 0 unspecified atom stereocenters. The Morgan fingerprint density at radius 3 is 2.15 bits per heavy atom. The number of carbonyl (C=O) groups is 1. The number of rotatable bonds is 4. The normalized spacial score (nSPS) is 35.6. The lowest BCUT2D eigenvalue weighted by atomic mass is 9.49. The van der Waals surface area contributed by atoms with Crippen molar-refractivity contribution in [3.8, 4) is 0 Å². The summed E-state index contributed by atoms with van der Waals surface area (Å²) in [5, 5.41) is 0. The molecule has 1 aromatic carbocycles. The van der Waals surface area contributed by atoms with Gasteiger partial charge < -0.3 is 4.90 Å². The molecule has 1 aromatic rings. The van der Waals surface area contributed by atoms with Crippen LogP contribution in [0.1, 0.15) is 56.1 Å². The highest BCUT2D eigenvalue weighted by Gasteiger charge is 2.51. The smallest absolute Gasteiger partial charge is 0.223 e. The van der Waals surface area contributed by atoms with Gasteiger partial charge in [-0.1, -0.05) is 24.3 Å². The summed E-state index contributed by atoms with van der Waals surface area (Å²) in [5.41, 5.74) is 3.17. The highest BCUT2D eigenvalue weighted by Crippen LogP contribution is 2.61. The zero-order valence-corrected chi connectivity index (χ0v) is 16.8. The van der Waals surface area contributed by atoms with Gasteiger partial charge in [-0.25, -0.2) is 0 Å². The van der Waals surface area contributed by atoms with E-state index in [-0.39, 0.29) is 0 Å². The molecule has 1 heterocycles. The Hall–Kier alpha value is -1.35. The molecule has 0 N–H and O–H groups in total. The lowest BCUT2D eigenvalue weighted by molar-refractivity contribution is -0.141. The summed E-state index contributed by atoms with van der Waals surface area (Å²) in [6.45, 7) is 7.07. The molecule has 5 fully saturated rings. The fourth-order valence-electron chi connectivity index (χ4n) is 7.12. The van der Waals surface area contributed by atoms with Gasteiger partial charge in [0.15, 0.2) is 0 Å². The lowest BCUT2D eigenvalue weighted by Gasteiger charge is -2.57. The molecule has 3 nitrogen and oxygen atoms in total. The molecule has 0 atom stereocenters. The van der Waals surface area contributed by atoms with E-state index in [2.05, 4.69) is 41.0 Å². The maximum atomic E-state index is 13.1. The van der Waals surface area contributed by atoms with E-state index >= 15 is 0 Å². The topological polar surface area (TPSA) is 23.6 Å². The van der Waals surface area contributed by atoms with Crippen LogP contribution in [0, 0.1) is 30.1 Å². The Morgan fingerprint density at radius 2 is 1.56 bits per heavy atom. The van der Waals surface area contributed by atoms with Gasteiger partial charge in [0.1, 0.15) is 0 Å². The first-order valence-electron chi connectivity index (χ1n) is 11.1. The molecule has 146 valence electrons. The maximum absolute atomic E-state index is 13.1. The molecule has 4 bridgehead atoms. The van der Waals surface area contributed by atoms with Crippen molar-refractivity contribution in [3.05, 3.63) is 35.4 Å². The Morgan fingerprint density at radius 1 is 0.963 bits per heavy atom. The van der Waals surface area contributed by atoms with Gasteiger partial charge in [-0.15, -0.1) is 0 Å². The molecule has 1 amide bonds. The van der Waals surface area contributed by atoms with Crippen molar-refractivity contribution >= 4 is 5.91 Å². The Kier molecular flexibility index (Phi) is 4.54. The second-order valence-electron chi connectivity index (χ2n) is 10.2. The number of nitrogens with zero attached hydrogens (tertiary/aromatic N) is 2. The van der Waals surface area contributed by atoms with Crippen LogP contribution in [-0.4, -0.2) is 41.9 Å². The lowest BCUT2D eigenvalue weighted by Crippen LogP contribution is -2.52. The van der Waals surface area contributed by atoms with Gasteiger partial charge in [-0.2, -0.15) is 0 Å². The minimum absolute atomic E-state index is 0.379. The summed E-state index contributed by atoms with van der Waals surface area (Å²) >= 11 is 0. The van der Waals surface area contributed by atoms with Gasteiger partial charge in [-0.3, -0.25) is 9.69 Å². The molecule has 3 heteroatoms. The molecule has 1 aliphatic heterocycles. The van der Waals surface area contributed by atoms with E-state index in [0.29, 0.717) is 11.3 Å². The molecule has 4 aliphatic carbocycles. The molecule has 5 aliphatic rings. The van der Waals surface area contributed by atoms with E-state index in [9.17, 15) is 4.79 Å². The second-order valence-corrected chi connectivity index (χ2v) is 10.2. The fraction of sp³-hybridized carbons (Fsp3) is 0.708. The van der Waals surface area contributed by atoms with E-state index in [1.54, 1.807) is 0 Å². The zero-order valence-electron chi connectivity index (χ0n) is 16.8. The monoisotopic (exact) mass is 366 g/mol. The average Bonchev–Trinajstić information content (AvgIpc) is 2.63. The number of piperazine rings is 1. The van der Waals surface area contributed by atoms with Crippen LogP contribution < -0.4 is 0 Å². The molecule has 6 rings (SSSR count). The first kappa shape index (κ1) is 17.7. The summed E-state index contributed by atoms with van der Waals surface area (Å²) in [6.07, 6.45) is 9.27. The quantitative estimate of drug-likeness (QED) is 0.795. The molecule has 0 spiro atoms. The average molecular weight is 367 g/mol. The minimum Gasteiger partial charge on any atom is -0.340 e. The zero-order chi connectivity index (χ0) is 18.4. The third kappa shape index (κ3) is 3.55. The SMILES string of the molecule is Cc1ccccc1CN1CCN(C(=O)CC23CC4CC(CC(C4)C2)C3)CC1. The van der Waals surface area contributed by atoms with Crippen molar-refractivity contribution < 1.29 is 4.79 Å². The highest BCUT2D eigenvalue weighted by molar-refractivity contribution is 5.77. The molecule has 27 heavy (non-hydrogen) atoms. The molecular formula is C24H34N2O. The fourth-order valence-corrected chi connectivity index (χ4v) is 7.12. The van der Waals surface area contributed by atoms with Crippen LogP contribution in [0.3, 0.4) is 0 Å². The second kappa shape index (κ2) is 6.92. The van der Waals surface area contributed by atoms with Crippen LogP contribution in [-0.2, 0) is 11.3 Å². The predicted octanol–water partition coefficient (Wildman–Crippen LogP) is 4.25. The van der Waals surface area contributed by atoms with E-state index in [4.69, 9.17) is 0 Å². The predicted molar refractivity (Wildman–Crippen MR) is 108 cm³/mol. The van der Waals surface area contributed by atoms with Crippen LogP contribution in [0.15, 0.2) is 24.3 Å². The van der Waals surface area contributed by atoms with Crippen LogP contribution in [0.25, 0.3) is 0 Å². The van der Waals surface area contributed by atoms with Crippen LogP contribution in [0.2, 0.25) is 0 Å². The van der Waals surface area contributed by atoms with Gasteiger partial charge in [-0.05, 0) is 79.7 Å². The van der Waals surface area contributed by atoms with Crippen LogP contribution in [0.5, 0.6) is 0 Å². The highest BCUT2D eigenvalue weighted by atomic mass is 16.2. The number of aryl methyl sites for hydroxylation is 1. The number of amides is 1. The van der Waals surface area contributed by atoms with Crippen molar-refractivity contribution in [2.24, 2.45) is 23.2 Å². The van der Waals surface area contributed by atoms with Crippen molar-refractivity contribution in [3.63, 3.8) is 0 Å². The van der Waals surface area contributed by atoms with Crippen LogP contribution >= 0.6 is 0 Å². The number of hydrogen-bond acceptors (Lipinski definition) is 2. The van der Waals surface area contributed by atoms with E-state index < -0.39 is 0 Å². The van der Waals surface area contributed by atoms with Gasteiger partial charge in [0.2, 0.25) is 5.91 Å². The van der Waals surface area contributed by atoms with Gasteiger partial charge in [0, 0.05) is 39.1 Å². The van der Waals surface area contributed by atoms with Gasteiger partial charge in [0.05, 0.1) is 0 Å². The Balaban J connectivity index is 1.16. The van der Waals surface area contributed by atoms with Crippen LogP contribution in [0.4, 0.5) is 0 Å². The number of hydrogen-bond donors (Lipinski definition) is 0. The first-order valence-corrected chi connectivity index (χ1v) is 11.1. The number of carbonyl (C=O) groups excluding carboxylic acids is 1. The molecular weight excluding hydrogens is 332 g/mol. The van der Waals surface area contributed by atoms with Gasteiger partial charge >= 0.3 is 0 Å². The summed E-state index contributed by atoms with van der Waals surface area (Å²) in [6, 6.07) is 8.67. The summed E-state index contributed by atoms with van der Waals surface area (Å²) in [7, 11) is 0. The van der Waals surface area contributed by atoms with Crippen molar-refractivity contribution in [1.29, 1.82) is 0 Å². The minimum atomic E-state index is 0.379. The molecule has 0 radical (unpaired) electrons. The first-order chi connectivity index (χ1) is 13.1. The third-order valence-corrected chi connectivity index (χ3v) is 8.07. The van der Waals surface area contributed by atoms with Gasteiger partial charge in [0.25, 0.3) is 0 Å². The van der Waals surface area contributed by atoms with E-state index in [1.807, 2.05) is 0 Å². The summed E-state index contributed by atoms with van der Waals surface area (Å²) in [4.78, 5) is 17.8. The number of benzene rings is 1. The van der Waals surface area contributed by atoms with Crippen molar-refractivity contribution in [1.82, 2.24) is 9.80 Å². The van der Waals surface area contributed by atoms with Crippen molar-refractivity contribution in [2.45, 2.75) is 58.4 Å². The Bertz CT molecular complexity index is 669. The van der Waals surface area contributed by atoms with Crippen molar-refractivity contribution in [2.75, 3.05) is 26.2 Å². The largest absolute Gasteiger partial charge is 0.340 e. The molecule has 0 aromatic heterocycles. The summed E-state index contributed by atoms with van der Waals surface area (Å²) < 4.78 is 0.